The number of fused-ring (bicyclic) bond motifs is 1. The molecule has 2 saturated heterocycles. The molecule has 2 fully saturated rings. The Labute approximate surface area is 236 Å². The predicted octanol–water partition coefficient (Wildman–Crippen LogP) is 2.70. The predicted molar refractivity (Wildman–Crippen MR) is 149 cm³/mol. The van der Waals surface area contributed by atoms with Crippen molar-refractivity contribution in [2.45, 2.75) is 43.4 Å². The molecule has 1 amide bonds. The molecule has 2 aromatic rings. The van der Waals surface area contributed by atoms with Crippen molar-refractivity contribution in [3.05, 3.63) is 60.2 Å². The maximum Gasteiger partial charge on any atom is 0.407 e. The van der Waals surface area contributed by atoms with Gasteiger partial charge in [0.05, 0.1) is 50.6 Å². The van der Waals surface area contributed by atoms with Gasteiger partial charge in [-0.25, -0.2) is 13.2 Å². The second-order valence-electron chi connectivity index (χ2n) is 10.8. The Balaban J connectivity index is 1.51. The van der Waals surface area contributed by atoms with Crippen molar-refractivity contribution in [1.29, 1.82) is 0 Å². The van der Waals surface area contributed by atoms with E-state index in [2.05, 4.69) is 5.32 Å². The lowest BCUT2D eigenvalue weighted by molar-refractivity contribution is -0.0690. The van der Waals surface area contributed by atoms with Gasteiger partial charge in [0, 0.05) is 24.9 Å². The maximum atomic E-state index is 13.6. The summed E-state index contributed by atoms with van der Waals surface area (Å²) < 4.78 is 50.6. The van der Waals surface area contributed by atoms with E-state index in [9.17, 15) is 18.3 Å². The van der Waals surface area contributed by atoms with Gasteiger partial charge in [0.1, 0.15) is 11.9 Å². The summed E-state index contributed by atoms with van der Waals surface area (Å²) in [5, 5.41) is 14.2. The summed E-state index contributed by atoms with van der Waals surface area (Å²) in [6.45, 7) is 5.75. The SMILES string of the molecule is COc1ccc(S(=O)(=O)N(CC(C)C)C[C@H](O)[C@@H](Cc2ccccc2)NC(=O)OC2COCC3COCC32)cc1. The van der Waals surface area contributed by atoms with Gasteiger partial charge in [0.15, 0.2) is 0 Å². The zero-order valence-electron chi connectivity index (χ0n) is 23.3. The van der Waals surface area contributed by atoms with Crippen LogP contribution in [0.15, 0.2) is 59.5 Å². The van der Waals surface area contributed by atoms with Gasteiger partial charge in [-0.15, -0.1) is 0 Å². The summed E-state index contributed by atoms with van der Waals surface area (Å²) >= 11 is 0. The zero-order chi connectivity index (χ0) is 28.7. The topological polar surface area (TPSA) is 124 Å². The molecule has 0 bridgehead atoms. The number of methoxy groups -OCH3 is 1. The van der Waals surface area contributed by atoms with Crippen molar-refractivity contribution in [3.63, 3.8) is 0 Å². The van der Waals surface area contributed by atoms with Gasteiger partial charge in [-0.2, -0.15) is 4.31 Å². The van der Waals surface area contributed by atoms with Crippen molar-refractivity contribution in [1.82, 2.24) is 9.62 Å². The number of benzene rings is 2. The van der Waals surface area contributed by atoms with Crippen molar-refractivity contribution in [3.8, 4) is 5.75 Å². The lowest BCUT2D eigenvalue weighted by Crippen LogP contribution is -2.52. The summed E-state index contributed by atoms with van der Waals surface area (Å²) in [4.78, 5) is 13.2. The summed E-state index contributed by atoms with van der Waals surface area (Å²) in [5.41, 5.74) is 0.880. The second kappa shape index (κ2) is 13.8. The average Bonchev–Trinajstić information content (AvgIpc) is 3.43. The molecule has 2 aliphatic heterocycles. The van der Waals surface area contributed by atoms with Crippen LogP contribution in [0.2, 0.25) is 0 Å². The van der Waals surface area contributed by atoms with E-state index in [1.807, 2.05) is 44.2 Å². The van der Waals surface area contributed by atoms with Crippen LogP contribution in [-0.2, 0) is 30.7 Å². The van der Waals surface area contributed by atoms with Crippen LogP contribution in [0.4, 0.5) is 4.79 Å². The van der Waals surface area contributed by atoms with E-state index in [0.29, 0.717) is 25.6 Å². The molecule has 2 heterocycles. The fraction of sp³-hybridized carbons (Fsp3) is 0.552. The average molecular weight is 577 g/mol. The molecule has 10 nitrogen and oxygen atoms in total. The third-order valence-corrected chi connectivity index (χ3v) is 9.17. The summed E-state index contributed by atoms with van der Waals surface area (Å²) in [7, 11) is -2.43. The summed E-state index contributed by atoms with van der Waals surface area (Å²) in [6.07, 6.45) is -2.08. The number of aliphatic hydroxyl groups excluding tert-OH is 1. The first-order valence-electron chi connectivity index (χ1n) is 13.7. The molecule has 220 valence electrons. The number of nitrogens with one attached hydrogen (secondary N) is 1. The number of carbonyl (C=O) groups excluding carboxylic acids is 1. The highest BCUT2D eigenvalue weighted by atomic mass is 32.2. The smallest absolute Gasteiger partial charge is 0.407 e. The van der Waals surface area contributed by atoms with Gasteiger partial charge in [-0.3, -0.25) is 0 Å². The highest BCUT2D eigenvalue weighted by Crippen LogP contribution is 2.30. The molecule has 0 aromatic heterocycles. The van der Waals surface area contributed by atoms with Crippen LogP contribution in [0.25, 0.3) is 0 Å². The van der Waals surface area contributed by atoms with Crippen LogP contribution >= 0.6 is 0 Å². The molecule has 4 rings (SSSR count). The first-order chi connectivity index (χ1) is 19.2. The molecule has 2 N–H and O–H groups in total. The third-order valence-electron chi connectivity index (χ3n) is 7.32. The Bertz CT molecular complexity index is 1190. The van der Waals surface area contributed by atoms with Crippen LogP contribution in [0, 0.1) is 17.8 Å². The Morgan fingerprint density at radius 1 is 1.02 bits per heavy atom. The largest absolute Gasteiger partial charge is 0.497 e. The molecule has 0 saturated carbocycles. The number of sulfonamides is 1. The fourth-order valence-electron chi connectivity index (χ4n) is 5.16. The van der Waals surface area contributed by atoms with E-state index in [1.54, 1.807) is 12.1 Å². The van der Waals surface area contributed by atoms with Gasteiger partial charge in [0.25, 0.3) is 0 Å². The molecule has 0 spiro atoms. The minimum Gasteiger partial charge on any atom is -0.497 e. The molecule has 0 aliphatic carbocycles. The van der Waals surface area contributed by atoms with E-state index < -0.39 is 34.4 Å². The van der Waals surface area contributed by atoms with Crippen molar-refractivity contribution in [2.75, 3.05) is 46.6 Å². The first-order valence-corrected chi connectivity index (χ1v) is 15.1. The highest BCUT2D eigenvalue weighted by Gasteiger charge is 2.41. The number of alkyl carbamates (subject to hydrolysis) is 1. The molecular formula is C29H40N2O8S. The highest BCUT2D eigenvalue weighted by molar-refractivity contribution is 7.89. The van der Waals surface area contributed by atoms with Crippen LogP contribution in [-0.4, -0.2) is 88.8 Å². The van der Waals surface area contributed by atoms with Gasteiger partial charge in [0.2, 0.25) is 10.0 Å². The quantitative estimate of drug-likeness (QED) is 0.396. The fourth-order valence-corrected chi connectivity index (χ4v) is 6.78. The Morgan fingerprint density at radius 2 is 1.70 bits per heavy atom. The first kappa shape index (κ1) is 30.3. The molecule has 0 radical (unpaired) electrons. The number of carbonyl (C=O) groups is 1. The van der Waals surface area contributed by atoms with Gasteiger partial charge in [-0.05, 0) is 42.2 Å². The van der Waals surface area contributed by atoms with Crippen LogP contribution in [0.1, 0.15) is 19.4 Å². The van der Waals surface area contributed by atoms with Crippen LogP contribution in [0.5, 0.6) is 5.75 Å². The van der Waals surface area contributed by atoms with E-state index >= 15 is 0 Å². The molecule has 40 heavy (non-hydrogen) atoms. The Kier molecular flexibility index (Phi) is 10.4. The maximum absolute atomic E-state index is 13.6. The van der Waals surface area contributed by atoms with Crippen LogP contribution < -0.4 is 10.1 Å². The lowest BCUT2D eigenvalue weighted by atomic mass is 9.89. The normalized spacial score (nSPS) is 22.5. The second-order valence-corrected chi connectivity index (χ2v) is 12.8. The van der Waals surface area contributed by atoms with Crippen molar-refractivity contribution in [2.24, 2.45) is 17.8 Å². The number of hydrogen-bond donors (Lipinski definition) is 2. The number of rotatable bonds is 12. The minimum atomic E-state index is -3.94. The van der Waals surface area contributed by atoms with E-state index in [4.69, 9.17) is 18.9 Å². The number of amides is 1. The molecule has 2 aromatic carbocycles. The minimum absolute atomic E-state index is 0.00130. The zero-order valence-corrected chi connectivity index (χ0v) is 24.1. The van der Waals surface area contributed by atoms with Gasteiger partial charge < -0.3 is 29.4 Å². The van der Waals surface area contributed by atoms with E-state index in [0.717, 1.165) is 5.56 Å². The van der Waals surface area contributed by atoms with E-state index in [-0.39, 0.29) is 48.8 Å². The van der Waals surface area contributed by atoms with Crippen molar-refractivity contribution < 1.29 is 37.3 Å². The number of hydrogen-bond acceptors (Lipinski definition) is 8. The number of aliphatic hydroxyl groups is 1. The van der Waals surface area contributed by atoms with Gasteiger partial charge in [-0.1, -0.05) is 44.2 Å². The third kappa shape index (κ3) is 7.73. The van der Waals surface area contributed by atoms with Crippen LogP contribution in [0.3, 0.4) is 0 Å². The molecule has 11 heteroatoms. The summed E-state index contributed by atoms with van der Waals surface area (Å²) in [5.74, 6) is 0.788. The molecular weight excluding hydrogens is 536 g/mol. The molecule has 2 aliphatic rings. The molecule has 3 unspecified atom stereocenters. The Hall–Kier alpha value is -2.70. The lowest BCUT2D eigenvalue weighted by Gasteiger charge is -2.33. The standard InChI is InChI=1S/C29H40N2O8S/c1-20(2)14-31(40(34,35)24-11-9-23(36-3)10-12-24)15-27(32)26(13-21-7-5-4-6-8-21)30-29(33)39-28-19-38-17-22-16-37-18-25(22)28/h4-12,20,22,25-28,32H,13-19H2,1-3H3,(H,30,33)/t22?,25?,26-,27+,28?/m1/s1. The van der Waals surface area contributed by atoms with Crippen molar-refractivity contribution >= 4 is 16.1 Å². The number of ether oxygens (including phenoxy) is 4. The van der Waals surface area contributed by atoms with Gasteiger partial charge >= 0.3 is 6.09 Å². The van der Waals surface area contributed by atoms with E-state index in [1.165, 1.54) is 23.5 Å². The Morgan fingerprint density at radius 3 is 2.35 bits per heavy atom. The summed E-state index contributed by atoms with van der Waals surface area (Å²) in [6, 6.07) is 14.7. The molecule has 5 atom stereocenters. The monoisotopic (exact) mass is 576 g/mol. The number of nitrogens with zero attached hydrogens (tertiary/aromatic N) is 1.